The van der Waals surface area contributed by atoms with Crippen molar-refractivity contribution in [2.24, 2.45) is 5.73 Å². The number of aromatic nitrogens is 2. The van der Waals surface area contributed by atoms with Crippen molar-refractivity contribution < 1.29 is 4.79 Å². The zero-order valence-corrected chi connectivity index (χ0v) is 13.7. The molecular weight excluding hydrogens is 276 g/mol. The summed E-state index contributed by atoms with van der Waals surface area (Å²) in [5, 5.41) is 7.20. The number of hydrogen-bond acceptors (Lipinski definition) is 3. The first-order valence-electron chi connectivity index (χ1n) is 7.57. The minimum Gasteiger partial charge on any atom is -0.348 e. The largest absolute Gasteiger partial charge is 0.348 e. The summed E-state index contributed by atoms with van der Waals surface area (Å²) in [6, 6.07) is 4.16. The predicted molar refractivity (Wildman–Crippen MR) is 87.6 cm³/mol. The maximum absolute atomic E-state index is 12.3. The number of carbonyl (C=O) groups excluding carboxylic acids is 1. The molecule has 22 heavy (non-hydrogen) atoms. The van der Waals surface area contributed by atoms with Gasteiger partial charge < -0.3 is 11.1 Å². The Hall–Kier alpha value is -2.14. The van der Waals surface area contributed by atoms with Crippen LogP contribution in [0, 0.1) is 20.8 Å². The van der Waals surface area contributed by atoms with Crippen molar-refractivity contribution >= 4 is 5.91 Å². The standard InChI is InChI=1S/C17H24N4O/c1-5-21-13(4)16(10-20-21)17(22)19-9-15-11(2)6-14(8-18)7-12(15)3/h6-7,10H,5,8-9,18H2,1-4H3,(H,19,22). The fourth-order valence-corrected chi connectivity index (χ4v) is 2.73. The molecule has 0 saturated carbocycles. The Balaban J connectivity index is 2.13. The van der Waals surface area contributed by atoms with Crippen LogP contribution in [0.5, 0.6) is 0 Å². The highest BCUT2D eigenvalue weighted by molar-refractivity contribution is 5.95. The average Bonchev–Trinajstić information content (AvgIpc) is 2.86. The molecule has 0 aliphatic rings. The topological polar surface area (TPSA) is 72.9 Å². The molecule has 5 nitrogen and oxygen atoms in total. The van der Waals surface area contributed by atoms with E-state index in [0.717, 1.165) is 34.5 Å². The predicted octanol–water partition coefficient (Wildman–Crippen LogP) is 2.22. The number of amides is 1. The summed E-state index contributed by atoms with van der Waals surface area (Å²) >= 11 is 0. The quantitative estimate of drug-likeness (QED) is 0.889. The zero-order chi connectivity index (χ0) is 16.3. The van der Waals surface area contributed by atoms with E-state index in [0.29, 0.717) is 18.7 Å². The Morgan fingerprint density at radius 3 is 2.41 bits per heavy atom. The van der Waals surface area contributed by atoms with Crippen LogP contribution in [0.4, 0.5) is 0 Å². The Labute approximate surface area is 131 Å². The molecule has 0 saturated heterocycles. The highest BCUT2D eigenvalue weighted by Crippen LogP contribution is 2.17. The summed E-state index contributed by atoms with van der Waals surface area (Å²) in [5.74, 6) is -0.0844. The van der Waals surface area contributed by atoms with E-state index in [9.17, 15) is 4.79 Å². The van der Waals surface area contributed by atoms with E-state index >= 15 is 0 Å². The lowest BCUT2D eigenvalue weighted by Gasteiger charge is -2.13. The third-order valence-electron chi connectivity index (χ3n) is 4.06. The highest BCUT2D eigenvalue weighted by atomic mass is 16.1. The van der Waals surface area contributed by atoms with Gasteiger partial charge >= 0.3 is 0 Å². The Morgan fingerprint density at radius 2 is 1.91 bits per heavy atom. The van der Waals surface area contributed by atoms with Crippen LogP contribution in [0.15, 0.2) is 18.3 Å². The van der Waals surface area contributed by atoms with Crippen LogP contribution in [0.3, 0.4) is 0 Å². The van der Waals surface area contributed by atoms with Crippen LogP contribution in [0.2, 0.25) is 0 Å². The minimum atomic E-state index is -0.0844. The van der Waals surface area contributed by atoms with Gasteiger partial charge in [0.25, 0.3) is 5.91 Å². The summed E-state index contributed by atoms with van der Waals surface area (Å²) in [6.07, 6.45) is 1.63. The van der Waals surface area contributed by atoms with Gasteiger partial charge in [0.2, 0.25) is 0 Å². The van der Waals surface area contributed by atoms with Gasteiger partial charge in [0.05, 0.1) is 11.8 Å². The highest BCUT2D eigenvalue weighted by Gasteiger charge is 2.14. The molecule has 118 valence electrons. The van der Waals surface area contributed by atoms with E-state index in [4.69, 9.17) is 5.73 Å². The third-order valence-corrected chi connectivity index (χ3v) is 4.06. The van der Waals surface area contributed by atoms with Crippen LogP contribution in [0.25, 0.3) is 0 Å². The van der Waals surface area contributed by atoms with Gasteiger partial charge in [0.15, 0.2) is 0 Å². The molecule has 0 radical (unpaired) electrons. The van der Waals surface area contributed by atoms with Crippen molar-refractivity contribution in [3.63, 3.8) is 0 Å². The first-order chi connectivity index (χ1) is 10.5. The number of nitrogens with two attached hydrogens (primary N) is 1. The van der Waals surface area contributed by atoms with Gasteiger partial charge in [-0.25, -0.2) is 0 Å². The van der Waals surface area contributed by atoms with Gasteiger partial charge in [0, 0.05) is 25.3 Å². The second-order valence-corrected chi connectivity index (χ2v) is 5.55. The molecule has 0 aliphatic carbocycles. The van der Waals surface area contributed by atoms with E-state index in [1.54, 1.807) is 6.20 Å². The molecule has 0 aliphatic heterocycles. The van der Waals surface area contributed by atoms with Gasteiger partial charge in [-0.05, 0) is 49.9 Å². The number of nitrogens with one attached hydrogen (secondary N) is 1. The monoisotopic (exact) mass is 300 g/mol. The van der Waals surface area contributed by atoms with Gasteiger partial charge in [-0.1, -0.05) is 12.1 Å². The number of nitrogens with zero attached hydrogens (tertiary/aromatic N) is 2. The fourth-order valence-electron chi connectivity index (χ4n) is 2.73. The molecule has 0 spiro atoms. The van der Waals surface area contributed by atoms with E-state index in [2.05, 4.69) is 22.5 Å². The SMILES string of the molecule is CCn1ncc(C(=O)NCc2c(C)cc(CN)cc2C)c1C. The molecule has 1 aromatic heterocycles. The number of aryl methyl sites for hydroxylation is 3. The van der Waals surface area contributed by atoms with E-state index < -0.39 is 0 Å². The lowest BCUT2D eigenvalue weighted by molar-refractivity contribution is 0.0950. The molecule has 2 aromatic rings. The first kappa shape index (κ1) is 16.2. The number of benzene rings is 1. The van der Waals surface area contributed by atoms with Crippen molar-refractivity contribution in [1.29, 1.82) is 0 Å². The fraction of sp³-hybridized carbons (Fsp3) is 0.412. The second kappa shape index (κ2) is 6.75. The molecule has 1 heterocycles. The van der Waals surface area contributed by atoms with E-state index in [-0.39, 0.29) is 5.91 Å². The summed E-state index contributed by atoms with van der Waals surface area (Å²) in [7, 11) is 0. The molecule has 0 fully saturated rings. The van der Waals surface area contributed by atoms with Crippen molar-refractivity contribution in [3.8, 4) is 0 Å². The van der Waals surface area contributed by atoms with Gasteiger partial charge in [0.1, 0.15) is 0 Å². The van der Waals surface area contributed by atoms with Crippen LogP contribution >= 0.6 is 0 Å². The molecule has 3 N–H and O–H groups in total. The number of rotatable bonds is 5. The van der Waals surface area contributed by atoms with E-state index in [1.165, 1.54) is 0 Å². The molecule has 0 bridgehead atoms. The van der Waals surface area contributed by atoms with Gasteiger partial charge in [-0.3, -0.25) is 9.48 Å². The summed E-state index contributed by atoms with van der Waals surface area (Å²) in [5.41, 5.74) is 11.8. The number of hydrogen-bond donors (Lipinski definition) is 2. The van der Waals surface area contributed by atoms with Crippen molar-refractivity contribution in [2.45, 2.75) is 47.3 Å². The van der Waals surface area contributed by atoms with Crippen LogP contribution in [-0.2, 0) is 19.6 Å². The smallest absolute Gasteiger partial charge is 0.255 e. The van der Waals surface area contributed by atoms with Crippen LogP contribution in [-0.4, -0.2) is 15.7 Å². The lowest BCUT2D eigenvalue weighted by atomic mass is 9.99. The molecule has 5 heteroatoms. The normalized spacial score (nSPS) is 10.8. The zero-order valence-electron chi connectivity index (χ0n) is 13.7. The van der Waals surface area contributed by atoms with Gasteiger partial charge in [-0.15, -0.1) is 0 Å². The van der Waals surface area contributed by atoms with Gasteiger partial charge in [-0.2, -0.15) is 5.10 Å². The molecular formula is C17H24N4O. The van der Waals surface area contributed by atoms with Crippen LogP contribution < -0.4 is 11.1 Å². The Morgan fingerprint density at radius 1 is 1.27 bits per heavy atom. The van der Waals surface area contributed by atoms with Crippen LogP contribution in [0.1, 0.15) is 45.2 Å². The molecule has 1 aromatic carbocycles. The molecule has 0 atom stereocenters. The third kappa shape index (κ3) is 3.20. The first-order valence-corrected chi connectivity index (χ1v) is 7.57. The maximum atomic E-state index is 12.3. The van der Waals surface area contributed by atoms with Crippen molar-refractivity contribution in [1.82, 2.24) is 15.1 Å². The maximum Gasteiger partial charge on any atom is 0.255 e. The summed E-state index contributed by atoms with van der Waals surface area (Å²) < 4.78 is 1.82. The Bertz CT molecular complexity index is 665. The lowest BCUT2D eigenvalue weighted by Crippen LogP contribution is -2.24. The molecule has 1 amide bonds. The second-order valence-electron chi connectivity index (χ2n) is 5.55. The van der Waals surface area contributed by atoms with Crippen molar-refractivity contribution in [2.75, 3.05) is 0 Å². The summed E-state index contributed by atoms with van der Waals surface area (Å²) in [6.45, 7) is 9.83. The molecule has 2 rings (SSSR count). The minimum absolute atomic E-state index is 0.0844. The van der Waals surface area contributed by atoms with Crippen molar-refractivity contribution in [3.05, 3.63) is 51.8 Å². The van der Waals surface area contributed by atoms with E-state index in [1.807, 2.05) is 32.4 Å². The average molecular weight is 300 g/mol. The summed E-state index contributed by atoms with van der Waals surface area (Å²) in [4.78, 5) is 12.3. The Kier molecular flexibility index (Phi) is 4.98. The number of carbonyl (C=O) groups is 1. The molecule has 0 unspecified atom stereocenters.